The van der Waals surface area contributed by atoms with Crippen molar-refractivity contribution in [2.45, 2.75) is 83.5 Å². The van der Waals surface area contributed by atoms with Crippen molar-refractivity contribution in [3.05, 3.63) is 76.5 Å². The predicted octanol–water partition coefficient (Wildman–Crippen LogP) is 4.93. The van der Waals surface area contributed by atoms with Crippen LogP contribution in [0.25, 0.3) is 11.0 Å². The molecule has 46 heavy (non-hydrogen) atoms. The van der Waals surface area contributed by atoms with Gasteiger partial charge in [0.15, 0.2) is 0 Å². The number of ether oxygens (including phenoxy) is 1. The van der Waals surface area contributed by atoms with Crippen molar-refractivity contribution in [1.82, 2.24) is 34.9 Å². The molecule has 2 aromatic heterocycles. The Morgan fingerprint density at radius 1 is 1.15 bits per heavy atom. The first kappa shape index (κ1) is 33.3. The number of rotatable bonds is 10. The number of hydrogen-bond acceptors (Lipinski definition) is 9. The van der Waals surface area contributed by atoms with Gasteiger partial charge in [-0.3, -0.25) is 18.7 Å². The molecule has 0 bridgehead atoms. The highest BCUT2D eigenvalue weighted by atomic mass is 32.3. The van der Waals surface area contributed by atoms with Gasteiger partial charge < -0.3 is 15.4 Å². The SMILES string of the molecule is CCC1CN(Cc2cc([C@H](CC(=O)NC(C)C(=O)NC)c3ccc4c(nnn4CC)c3C)ccc2C)S(O)(O)c2cccnc2O1. The Bertz CT molecular complexity index is 1740. The van der Waals surface area contributed by atoms with Crippen LogP contribution >= 0.6 is 10.8 Å². The third kappa shape index (κ3) is 6.59. The molecule has 0 fully saturated rings. The molecule has 13 heteroatoms. The van der Waals surface area contributed by atoms with Crippen LogP contribution in [-0.4, -0.2) is 70.9 Å². The summed E-state index contributed by atoms with van der Waals surface area (Å²) in [6.45, 7) is 10.8. The third-order valence-electron chi connectivity index (χ3n) is 8.72. The van der Waals surface area contributed by atoms with E-state index in [0.717, 1.165) is 38.9 Å². The molecule has 2 unspecified atom stereocenters. The average molecular weight is 650 g/mol. The van der Waals surface area contributed by atoms with Gasteiger partial charge in [-0.05, 0) is 80.1 Å². The minimum absolute atomic E-state index is 0.0851. The predicted molar refractivity (Wildman–Crippen MR) is 178 cm³/mol. The van der Waals surface area contributed by atoms with Gasteiger partial charge in [-0.25, -0.2) is 9.67 Å². The lowest BCUT2D eigenvalue weighted by Crippen LogP contribution is -2.43. The van der Waals surface area contributed by atoms with Crippen LogP contribution in [-0.2, 0) is 22.7 Å². The zero-order chi connectivity index (χ0) is 33.2. The Labute approximate surface area is 271 Å². The van der Waals surface area contributed by atoms with Crippen molar-refractivity contribution in [1.29, 1.82) is 0 Å². The van der Waals surface area contributed by atoms with Gasteiger partial charge in [0.2, 0.25) is 17.7 Å². The molecule has 12 nitrogen and oxygen atoms in total. The highest BCUT2D eigenvalue weighted by Crippen LogP contribution is 2.57. The first-order valence-electron chi connectivity index (χ1n) is 15.6. The number of pyridine rings is 1. The summed E-state index contributed by atoms with van der Waals surface area (Å²) in [7, 11) is -1.88. The van der Waals surface area contributed by atoms with E-state index in [4.69, 9.17) is 4.74 Å². The second kappa shape index (κ2) is 13.8. The molecule has 2 aromatic carbocycles. The smallest absolute Gasteiger partial charge is 0.242 e. The van der Waals surface area contributed by atoms with Crippen molar-refractivity contribution >= 4 is 33.6 Å². The Balaban J connectivity index is 1.55. The molecule has 0 aliphatic carbocycles. The zero-order valence-corrected chi connectivity index (χ0v) is 28.0. The van der Waals surface area contributed by atoms with Gasteiger partial charge >= 0.3 is 0 Å². The van der Waals surface area contributed by atoms with E-state index in [1.54, 1.807) is 29.6 Å². The standard InChI is InChI=1S/C33H43N7O5S/c1-7-25-19-39(46(43,44)29-10-9-15-35-33(29)45-25)18-24-16-23(12-11-20(24)3)27(17-30(41)36-22(5)32(42)34-6)26-13-14-28-31(21(26)4)37-38-40(28)8-2/h9-16,22,25,27,43-44H,7-8,17-19H2,1-6H3,(H,34,42)(H,36,41)/t22?,25?,27-/m0/s1. The summed E-state index contributed by atoms with van der Waals surface area (Å²) in [4.78, 5) is 30.1. The normalized spacial score (nSPS) is 18.1. The number of amides is 2. The number of aryl methyl sites for hydroxylation is 3. The fourth-order valence-corrected chi connectivity index (χ4v) is 7.51. The van der Waals surface area contributed by atoms with Crippen molar-refractivity contribution < 1.29 is 23.4 Å². The topological polar surface area (TPSA) is 155 Å². The molecule has 1 aliphatic rings. The summed E-state index contributed by atoms with van der Waals surface area (Å²) in [6.07, 6.45) is 2.05. The van der Waals surface area contributed by atoms with Gasteiger partial charge in [0.1, 0.15) is 22.6 Å². The molecule has 0 spiro atoms. The van der Waals surface area contributed by atoms with Crippen LogP contribution in [0.3, 0.4) is 0 Å². The minimum atomic E-state index is -3.41. The van der Waals surface area contributed by atoms with Crippen molar-refractivity contribution in [3.63, 3.8) is 0 Å². The average Bonchev–Trinajstić information content (AvgIpc) is 3.43. The summed E-state index contributed by atoms with van der Waals surface area (Å²) in [5, 5.41) is 14.1. The second-order valence-corrected chi connectivity index (χ2v) is 13.7. The van der Waals surface area contributed by atoms with E-state index in [0.29, 0.717) is 19.5 Å². The molecule has 0 saturated heterocycles. The van der Waals surface area contributed by atoms with Gasteiger partial charge in [0.25, 0.3) is 0 Å². The highest BCUT2D eigenvalue weighted by molar-refractivity contribution is 8.22. The molecule has 4 N–H and O–H groups in total. The van der Waals surface area contributed by atoms with E-state index in [2.05, 4.69) is 25.9 Å². The summed E-state index contributed by atoms with van der Waals surface area (Å²) in [6, 6.07) is 12.7. The summed E-state index contributed by atoms with van der Waals surface area (Å²) < 4.78 is 32.7. The number of nitrogens with zero attached hydrogens (tertiary/aromatic N) is 5. The molecule has 1 aliphatic heterocycles. The molecule has 3 atom stereocenters. The molecular weight excluding hydrogens is 606 g/mol. The fraction of sp³-hybridized carbons (Fsp3) is 0.424. The summed E-state index contributed by atoms with van der Waals surface area (Å²) >= 11 is 0. The lowest BCUT2D eigenvalue weighted by Gasteiger charge is -2.41. The van der Waals surface area contributed by atoms with Crippen LogP contribution in [0.1, 0.15) is 67.3 Å². The zero-order valence-electron chi connectivity index (χ0n) is 27.1. The fourth-order valence-electron chi connectivity index (χ4n) is 5.94. The van der Waals surface area contributed by atoms with E-state index < -0.39 is 16.8 Å². The van der Waals surface area contributed by atoms with Crippen molar-refractivity contribution in [2.24, 2.45) is 0 Å². The molecule has 5 rings (SSSR count). The van der Waals surface area contributed by atoms with Gasteiger partial charge in [0, 0.05) is 38.7 Å². The molecule has 4 aromatic rings. The van der Waals surface area contributed by atoms with Crippen LogP contribution in [0.2, 0.25) is 0 Å². The van der Waals surface area contributed by atoms with Crippen LogP contribution in [0, 0.1) is 13.8 Å². The van der Waals surface area contributed by atoms with Gasteiger partial charge in [-0.2, -0.15) is 4.31 Å². The monoisotopic (exact) mass is 649 g/mol. The maximum atomic E-state index is 13.4. The van der Waals surface area contributed by atoms with E-state index >= 15 is 0 Å². The summed E-state index contributed by atoms with van der Waals surface area (Å²) in [5.41, 5.74) is 6.27. The first-order valence-corrected chi connectivity index (χ1v) is 17.1. The van der Waals surface area contributed by atoms with Crippen LogP contribution in [0.15, 0.2) is 53.6 Å². The number of hydrogen-bond donors (Lipinski definition) is 4. The van der Waals surface area contributed by atoms with Gasteiger partial charge in [-0.15, -0.1) is 15.9 Å². The van der Waals surface area contributed by atoms with Crippen LogP contribution in [0.5, 0.6) is 5.88 Å². The Kier molecular flexibility index (Phi) is 9.96. The van der Waals surface area contributed by atoms with Crippen LogP contribution < -0.4 is 15.4 Å². The van der Waals surface area contributed by atoms with E-state index in [1.165, 1.54) is 7.05 Å². The number of carbonyl (C=O) groups excluding carboxylic acids is 2. The summed E-state index contributed by atoms with van der Waals surface area (Å²) in [5.74, 6) is -0.689. The van der Waals surface area contributed by atoms with E-state index in [1.807, 2.05) is 62.7 Å². The second-order valence-electron chi connectivity index (χ2n) is 11.7. The molecule has 2 amide bonds. The number of benzene rings is 2. The molecule has 0 radical (unpaired) electrons. The number of nitrogens with one attached hydrogen (secondary N) is 2. The Morgan fingerprint density at radius 2 is 1.93 bits per heavy atom. The van der Waals surface area contributed by atoms with E-state index in [-0.39, 0.29) is 47.6 Å². The van der Waals surface area contributed by atoms with E-state index in [9.17, 15) is 18.7 Å². The lowest BCUT2D eigenvalue weighted by molar-refractivity contribution is -0.128. The molecule has 3 heterocycles. The quantitative estimate of drug-likeness (QED) is 0.187. The highest BCUT2D eigenvalue weighted by Gasteiger charge is 2.36. The van der Waals surface area contributed by atoms with Gasteiger partial charge in [0.05, 0.1) is 12.1 Å². The Morgan fingerprint density at radius 3 is 2.65 bits per heavy atom. The van der Waals surface area contributed by atoms with Crippen molar-refractivity contribution in [3.8, 4) is 5.88 Å². The number of likely N-dealkylation sites (N-methyl/N-ethyl adjacent to an activating group) is 1. The maximum absolute atomic E-state index is 13.4. The molecular formula is C33H43N7O5S. The molecule has 246 valence electrons. The Hall–Kier alpha value is -4.04. The first-order chi connectivity index (χ1) is 22.0. The van der Waals surface area contributed by atoms with Crippen molar-refractivity contribution in [2.75, 3.05) is 13.6 Å². The lowest BCUT2D eigenvalue weighted by atomic mass is 9.84. The third-order valence-corrected chi connectivity index (χ3v) is 10.6. The largest absolute Gasteiger partial charge is 0.472 e. The number of fused-ring (bicyclic) bond motifs is 2. The molecule has 0 saturated carbocycles. The maximum Gasteiger partial charge on any atom is 0.242 e. The minimum Gasteiger partial charge on any atom is -0.472 e. The van der Waals surface area contributed by atoms with Gasteiger partial charge in [-0.1, -0.05) is 36.4 Å². The van der Waals surface area contributed by atoms with Crippen LogP contribution in [0.4, 0.5) is 0 Å². The number of carbonyl (C=O) groups is 2. The number of aromatic nitrogens is 4.